The van der Waals surface area contributed by atoms with Crippen LogP contribution in [-0.2, 0) is 16.1 Å². The standard InChI is InChI=1S/C14H18N2O2S/c1-2-11-13(17)15-12(9-5-6-9)14(18)16(11)8-10-4-3-7-19-10/h3-4,7,9,11-12H,2,5-6,8H2,1H3,(H,15,17). The number of piperazine rings is 1. The molecule has 1 aromatic heterocycles. The summed E-state index contributed by atoms with van der Waals surface area (Å²) in [5.41, 5.74) is 0. The second-order valence-corrected chi connectivity index (χ2v) is 6.33. The molecule has 1 aromatic rings. The fraction of sp³-hybridized carbons (Fsp3) is 0.571. The van der Waals surface area contributed by atoms with E-state index in [1.165, 1.54) is 0 Å². The molecule has 19 heavy (non-hydrogen) atoms. The van der Waals surface area contributed by atoms with Gasteiger partial charge in [0.05, 0.1) is 6.54 Å². The van der Waals surface area contributed by atoms with Crippen LogP contribution in [0.25, 0.3) is 0 Å². The molecule has 0 radical (unpaired) electrons. The third-order valence-corrected chi connectivity index (χ3v) is 4.77. The van der Waals surface area contributed by atoms with Gasteiger partial charge < -0.3 is 10.2 Å². The summed E-state index contributed by atoms with van der Waals surface area (Å²) < 4.78 is 0. The fourth-order valence-corrected chi connectivity index (χ4v) is 3.40. The maximum Gasteiger partial charge on any atom is 0.246 e. The number of carbonyl (C=O) groups is 2. The van der Waals surface area contributed by atoms with E-state index in [-0.39, 0.29) is 23.9 Å². The van der Waals surface area contributed by atoms with Crippen LogP contribution in [0.1, 0.15) is 31.1 Å². The number of amides is 2. The van der Waals surface area contributed by atoms with Gasteiger partial charge in [-0.05, 0) is 36.6 Å². The normalized spacial score (nSPS) is 27.5. The van der Waals surface area contributed by atoms with Crippen molar-refractivity contribution in [2.75, 3.05) is 0 Å². The van der Waals surface area contributed by atoms with Gasteiger partial charge in [-0.1, -0.05) is 13.0 Å². The minimum absolute atomic E-state index is 0.00977. The summed E-state index contributed by atoms with van der Waals surface area (Å²) in [4.78, 5) is 27.6. The average Bonchev–Trinajstić information content (AvgIpc) is 3.11. The van der Waals surface area contributed by atoms with E-state index in [0.29, 0.717) is 18.9 Å². The fourth-order valence-electron chi connectivity index (χ4n) is 2.70. The molecule has 0 bridgehead atoms. The molecule has 2 atom stereocenters. The van der Waals surface area contributed by atoms with Gasteiger partial charge >= 0.3 is 0 Å². The third kappa shape index (κ3) is 2.39. The van der Waals surface area contributed by atoms with E-state index in [4.69, 9.17) is 0 Å². The van der Waals surface area contributed by atoms with Gasteiger partial charge in [-0.2, -0.15) is 0 Å². The van der Waals surface area contributed by atoms with Gasteiger partial charge in [0, 0.05) is 4.88 Å². The first kappa shape index (κ1) is 12.7. The van der Waals surface area contributed by atoms with Crippen LogP contribution in [0.4, 0.5) is 0 Å². The van der Waals surface area contributed by atoms with Crippen molar-refractivity contribution >= 4 is 23.2 Å². The summed E-state index contributed by atoms with van der Waals surface area (Å²) in [5, 5.41) is 4.92. The largest absolute Gasteiger partial charge is 0.342 e. The van der Waals surface area contributed by atoms with Crippen LogP contribution in [0.3, 0.4) is 0 Å². The summed E-state index contributed by atoms with van der Waals surface area (Å²) in [6.45, 7) is 2.52. The van der Waals surface area contributed by atoms with Gasteiger partial charge in [-0.3, -0.25) is 9.59 Å². The Morgan fingerprint density at radius 1 is 1.42 bits per heavy atom. The number of hydrogen-bond donors (Lipinski definition) is 1. The number of nitrogens with zero attached hydrogens (tertiary/aromatic N) is 1. The lowest BCUT2D eigenvalue weighted by Gasteiger charge is -2.38. The van der Waals surface area contributed by atoms with Crippen LogP contribution in [0.5, 0.6) is 0 Å². The van der Waals surface area contributed by atoms with Crippen molar-refractivity contribution < 1.29 is 9.59 Å². The first-order valence-electron chi connectivity index (χ1n) is 6.84. The zero-order chi connectivity index (χ0) is 13.4. The topological polar surface area (TPSA) is 49.4 Å². The molecule has 0 aromatic carbocycles. The lowest BCUT2D eigenvalue weighted by atomic mass is 10.0. The smallest absolute Gasteiger partial charge is 0.246 e. The van der Waals surface area contributed by atoms with Crippen molar-refractivity contribution in [2.24, 2.45) is 5.92 Å². The van der Waals surface area contributed by atoms with E-state index in [9.17, 15) is 9.59 Å². The summed E-state index contributed by atoms with van der Waals surface area (Å²) in [6.07, 6.45) is 2.78. The number of thiophene rings is 1. The highest BCUT2D eigenvalue weighted by molar-refractivity contribution is 7.09. The Kier molecular flexibility index (Phi) is 3.31. The predicted octanol–water partition coefficient (Wildman–Crippen LogP) is 1.76. The van der Waals surface area contributed by atoms with Crippen LogP contribution < -0.4 is 5.32 Å². The van der Waals surface area contributed by atoms with Crippen LogP contribution in [-0.4, -0.2) is 28.8 Å². The Balaban J connectivity index is 1.82. The van der Waals surface area contributed by atoms with E-state index in [1.807, 2.05) is 24.4 Å². The molecule has 1 aliphatic carbocycles. The number of hydrogen-bond acceptors (Lipinski definition) is 3. The Hall–Kier alpha value is -1.36. The van der Waals surface area contributed by atoms with Crippen molar-refractivity contribution in [2.45, 2.75) is 44.8 Å². The van der Waals surface area contributed by atoms with Gasteiger partial charge in [0.1, 0.15) is 12.1 Å². The SMILES string of the molecule is CCC1C(=O)NC(C2CC2)C(=O)N1Cc1cccs1. The van der Waals surface area contributed by atoms with E-state index >= 15 is 0 Å². The average molecular weight is 278 g/mol. The molecule has 1 aliphatic heterocycles. The van der Waals surface area contributed by atoms with Gasteiger partial charge in [-0.25, -0.2) is 0 Å². The van der Waals surface area contributed by atoms with E-state index < -0.39 is 0 Å². The monoisotopic (exact) mass is 278 g/mol. The molecular formula is C14H18N2O2S. The maximum absolute atomic E-state index is 12.6. The van der Waals surface area contributed by atoms with Gasteiger partial charge in [-0.15, -0.1) is 11.3 Å². The molecule has 1 saturated heterocycles. The molecule has 2 unspecified atom stereocenters. The van der Waals surface area contributed by atoms with Gasteiger partial charge in [0.25, 0.3) is 0 Å². The first-order chi connectivity index (χ1) is 9.20. The van der Waals surface area contributed by atoms with E-state index in [2.05, 4.69) is 5.32 Å². The molecule has 1 N–H and O–H groups in total. The zero-order valence-corrected chi connectivity index (χ0v) is 11.8. The Morgan fingerprint density at radius 2 is 2.21 bits per heavy atom. The summed E-state index contributed by atoms with van der Waals surface area (Å²) in [7, 11) is 0. The number of nitrogens with one attached hydrogen (secondary N) is 1. The van der Waals surface area contributed by atoms with Gasteiger partial charge in [0.15, 0.2) is 0 Å². The molecule has 2 fully saturated rings. The van der Waals surface area contributed by atoms with E-state index in [0.717, 1.165) is 17.7 Å². The van der Waals surface area contributed by atoms with Crippen molar-refractivity contribution in [3.8, 4) is 0 Å². The molecule has 5 heteroatoms. The zero-order valence-electron chi connectivity index (χ0n) is 11.0. The molecule has 2 heterocycles. The lowest BCUT2D eigenvalue weighted by molar-refractivity contribution is -0.150. The molecule has 102 valence electrons. The Bertz CT molecular complexity index is 482. The molecule has 2 amide bonds. The third-order valence-electron chi connectivity index (χ3n) is 3.91. The minimum Gasteiger partial charge on any atom is -0.342 e. The minimum atomic E-state index is -0.315. The lowest BCUT2D eigenvalue weighted by Crippen LogP contribution is -2.63. The van der Waals surface area contributed by atoms with Gasteiger partial charge in [0.2, 0.25) is 11.8 Å². The van der Waals surface area contributed by atoms with Crippen molar-refractivity contribution in [3.05, 3.63) is 22.4 Å². The number of rotatable bonds is 4. The quantitative estimate of drug-likeness (QED) is 0.912. The summed E-state index contributed by atoms with van der Waals surface area (Å²) >= 11 is 1.63. The highest BCUT2D eigenvalue weighted by Gasteiger charge is 2.46. The molecule has 4 nitrogen and oxygen atoms in total. The highest BCUT2D eigenvalue weighted by Crippen LogP contribution is 2.35. The molecule has 1 saturated carbocycles. The Labute approximate surface area is 116 Å². The second-order valence-electron chi connectivity index (χ2n) is 5.29. The van der Waals surface area contributed by atoms with E-state index in [1.54, 1.807) is 16.2 Å². The van der Waals surface area contributed by atoms with Crippen LogP contribution in [0.2, 0.25) is 0 Å². The van der Waals surface area contributed by atoms with Crippen molar-refractivity contribution in [3.63, 3.8) is 0 Å². The highest BCUT2D eigenvalue weighted by atomic mass is 32.1. The molecule has 3 rings (SSSR count). The second kappa shape index (κ2) is 4.96. The molecular weight excluding hydrogens is 260 g/mol. The first-order valence-corrected chi connectivity index (χ1v) is 7.72. The predicted molar refractivity (Wildman–Crippen MR) is 73.6 cm³/mol. The van der Waals surface area contributed by atoms with Crippen LogP contribution in [0, 0.1) is 5.92 Å². The maximum atomic E-state index is 12.6. The molecule has 0 spiro atoms. The van der Waals surface area contributed by atoms with Crippen molar-refractivity contribution in [1.82, 2.24) is 10.2 Å². The van der Waals surface area contributed by atoms with Crippen LogP contribution >= 0.6 is 11.3 Å². The summed E-state index contributed by atoms with van der Waals surface area (Å²) in [6, 6.07) is 3.40. The summed E-state index contributed by atoms with van der Waals surface area (Å²) in [5.74, 6) is 0.470. The molecule has 2 aliphatic rings. The van der Waals surface area contributed by atoms with Crippen molar-refractivity contribution in [1.29, 1.82) is 0 Å². The number of carbonyl (C=O) groups excluding carboxylic acids is 2. The Morgan fingerprint density at radius 3 is 2.79 bits per heavy atom. The van der Waals surface area contributed by atoms with Crippen LogP contribution in [0.15, 0.2) is 17.5 Å².